The summed E-state index contributed by atoms with van der Waals surface area (Å²) in [6.45, 7) is 3.89. The normalized spacial score (nSPS) is 9.86. The van der Waals surface area contributed by atoms with E-state index in [0.29, 0.717) is 17.0 Å². The van der Waals surface area contributed by atoms with Crippen LogP contribution < -0.4 is 5.32 Å². The number of aryl methyl sites for hydroxylation is 2. The third kappa shape index (κ3) is 3.91. The molecular weight excluding hydrogens is 284 g/mol. The summed E-state index contributed by atoms with van der Waals surface area (Å²) in [5.41, 5.74) is 2.65. The fourth-order valence-corrected chi connectivity index (χ4v) is 2.64. The van der Waals surface area contributed by atoms with Gasteiger partial charge in [0.15, 0.2) is 0 Å². The van der Waals surface area contributed by atoms with Crippen LogP contribution in [0.4, 0.5) is 5.69 Å². The summed E-state index contributed by atoms with van der Waals surface area (Å²) in [4.78, 5) is 17.7. The fourth-order valence-electron chi connectivity index (χ4n) is 1.70. The summed E-state index contributed by atoms with van der Waals surface area (Å²) >= 11 is 1.36. The number of amides is 1. The number of aliphatic hydroxyl groups excluding tert-OH is 1. The zero-order chi connectivity index (χ0) is 15.2. The first-order valence-electron chi connectivity index (χ1n) is 6.54. The number of rotatable bonds is 3. The quantitative estimate of drug-likeness (QED) is 0.857. The molecule has 0 aliphatic heterocycles. The van der Waals surface area contributed by atoms with E-state index in [-0.39, 0.29) is 12.5 Å². The van der Waals surface area contributed by atoms with Gasteiger partial charge in [-0.05, 0) is 37.1 Å². The molecule has 2 heterocycles. The van der Waals surface area contributed by atoms with Crippen molar-refractivity contribution >= 4 is 22.9 Å². The molecule has 108 valence electrons. The van der Waals surface area contributed by atoms with E-state index in [1.165, 1.54) is 11.3 Å². The van der Waals surface area contributed by atoms with Gasteiger partial charge in [-0.3, -0.25) is 9.78 Å². The number of hydrogen-bond donors (Lipinski definition) is 2. The largest absolute Gasteiger partial charge is 0.395 e. The fraction of sp³-hybridized carbons (Fsp3) is 0.250. The van der Waals surface area contributed by atoms with Crippen molar-refractivity contribution in [2.24, 2.45) is 0 Å². The van der Waals surface area contributed by atoms with Crippen molar-refractivity contribution in [2.45, 2.75) is 20.3 Å². The molecule has 5 heteroatoms. The Morgan fingerprint density at radius 2 is 2.24 bits per heavy atom. The number of nitrogens with one attached hydrogen (secondary N) is 1. The highest BCUT2D eigenvalue weighted by Gasteiger charge is 2.12. The van der Waals surface area contributed by atoms with Gasteiger partial charge in [0.25, 0.3) is 5.91 Å². The number of anilines is 1. The highest BCUT2D eigenvalue weighted by atomic mass is 32.1. The number of carbonyl (C=O) groups excluding carboxylic acids is 1. The summed E-state index contributed by atoms with van der Waals surface area (Å²) in [6.07, 6.45) is 3.76. The number of hydrogen-bond acceptors (Lipinski definition) is 4. The molecule has 1 amide bonds. The molecule has 0 unspecified atom stereocenters. The van der Waals surface area contributed by atoms with E-state index in [4.69, 9.17) is 5.11 Å². The SMILES string of the molecule is Cc1ccncc1NC(=O)c1cc(C)c(C#CCCO)s1. The van der Waals surface area contributed by atoms with Crippen LogP contribution in [-0.4, -0.2) is 22.6 Å². The lowest BCUT2D eigenvalue weighted by Crippen LogP contribution is -2.11. The number of aliphatic hydroxyl groups is 1. The second kappa shape index (κ2) is 7.02. The summed E-state index contributed by atoms with van der Waals surface area (Å²) in [5.74, 6) is 5.69. The minimum Gasteiger partial charge on any atom is -0.395 e. The Balaban J connectivity index is 2.16. The predicted octanol–water partition coefficient (Wildman–Crippen LogP) is 2.75. The van der Waals surface area contributed by atoms with E-state index in [2.05, 4.69) is 22.1 Å². The molecule has 0 bridgehead atoms. The monoisotopic (exact) mass is 300 g/mol. The van der Waals surface area contributed by atoms with Crippen LogP contribution >= 0.6 is 11.3 Å². The molecule has 21 heavy (non-hydrogen) atoms. The molecule has 0 fully saturated rings. The zero-order valence-corrected chi connectivity index (χ0v) is 12.8. The summed E-state index contributed by atoms with van der Waals surface area (Å²) in [7, 11) is 0. The molecule has 0 saturated carbocycles. The van der Waals surface area contributed by atoms with Crippen molar-refractivity contribution in [3.05, 3.63) is 45.4 Å². The van der Waals surface area contributed by atoms with Crippen molar-refractivity contribution in [3.8, 4) is 11.8 Å². The molecule has 0 aliphatic rings. The number of carbonyl (C=O) groups is 1. The molecule has 0 radical (unpaired) electrons. The predicted molar refractivity (Wildman–Crippen MR) is 84.6 cm³/mol. The smallest absolute Gasteiger partial charge is 0.265 e. The highest BCUT2D eigenvalue weighted by molar-refractivity contribution is 7.14. The van der Waals surface area contributed by atoms with Crippen LogP contribution in [0.15, 0.2) is 24.5 Å². The minimum atomic E-state index is -0.158. The Kier molecular flexibility index (Phi) is 5.09. The van der Waals surface area contributed by atoms with Gasteiger partial charge in [0.05, 0.1) is 28.2 Å². The van der Waals surface area contributed by atoms with Crippen molar-refractivity contribution in [1.82, 2.24) is 4.98 Å². The van der Waals surface area contributed by atoms with Crippen molar-refractivity contribution < 1.29 is 9.90 Å². The van der Waals surface area contributed by atoms with E-state index >= 15 is 0 Å². The number of thiophene rings is 1. The van der Waals surface area contributed by atoms with Crippen molar-refractivity contribution in [2.75, 3.05) is 11.9 Å². The second-order valence-corrected chi connectivity index (χ2v) is 5.60. The average Bonchev–Trinajstić information content (AvgIpc) is 2.83. The van der Waals surface area contributed by atoms with Crippen LogP contribution in [0.2, 0.25) is 0 Å². The third-order valence-electron chi connectivity index (χ3n) is 2.87. The van der Waals surface area contributed by atoms with Gasteiger partial charge < -0.3 is 10.4 Å². The molecule has 0 atom stereocenters. The topological polar surface area (TPSA) is 62.2 Å². The van der Waals surface area contributed by atoms with Gasteiger partial charge >= 0.3 is 0 Å². The first kappa shape index (κ1) is 15.2. The third-order valence-corrected chi connectivity index (χ3v) is 4.02. The Labute approximate surface area is 127 Å². The number of nitrogens with zero attached hydrogens (tertiary/aromatic N) is 1. The maximum atomic E-state index is 12.2. The van der Waals surface area contributed by atoms with Gasteiger partial charge in [-0.2, -0.15) is 0 Å². The molecule has 0 aliphatic carbocycles. The summed E-state index contributed by atoms with van der Waals surface area (Å²) in [6, 6.07) is 3.68. The first-order valence-corrected chi connectivity index (χ1v) is 7.35. The van der Waals surface area contributed by atoms with Crippen LogP contribution in [0.1, 0.15) is 32.1 Å². The lowest BCUT2D eigenvalue weighted by Gasteiger charge is -2.05. The molecule has 0 saturated heterocycles. The highest BCUT2D eigenvalue weighted by Crippen LogP contribution is 2.22. The van der Waals surface area contributed by atoms with Crippen LogP contribution in [0, 0.1) is 25.7 Å². The number of aromatic nitrogens is 1. The van der Waals surface area contributed by atoms with E-state index in [9.17, 15) is 4.79 Å². The second-order valence-electron chi connectivity index (χ2n) is 4.54. The summed E-state index contributed by atoms with van der Waals surface area (Å²) < 4.78 is 0. The van der Waals surface area contributed by atoms with Gasteiger partial charge in [0, 0.05) is 12.6 Å². The van der Waals surface area contributed by atoms with Gasteiger partial charge in [-0.25, -0.2) is 0 Å². The van der Waals surface area contributed by atoms with Gasteiger partial charge in [-0.15, -0.1) is 11.3 Å². The number of pyridine rings is 1. The van der Waals surface area contributed by atoms with Crippen LogP contribution in [-0.2, 0) is 0 Å². The van der Waals surface area contributed by atoms with Crippen LogP contribution in [0.5, 0.6) is 0 Å². The minimum absolute atomic E-state index is 0.0467. The molecular formula is C16H16N2O2S. The Hall–Kier alpha value is -2.16. The molecule has 2 aromatic heterocycles. The van der Waals surface area contributed by atoms with Crippen LogP contribution in [0.25, 0.3) is 0 Å². The Bertz CT molecular complexity index is 711. The molecule has 0 aromatic carbocycles. The van der Waals surface area contributed by atoms with Gasteiger partial charge in [-0.1, -0.05) is 11.8 Å². The zero-order valence-electron chi connectivity index (χ0n) is 11.9. The first-order chi connectivity index (χ1) is 10.1. The van der Waals surface area contributed by atoms with Crippen molar-refractivity contribution in [1.29, 1.82) is 0 Å². The van der Waals surface area contributed by atoms with Crippen molar-refractivity contribution in [3.63, 3.8) is 0 Å². The molecule has 0 spiro atoms. The molecule has 2 N–H and O–H groups in total. The average molecular weight is 300 g/mol. The molecule has 4 nitrogen and oxygen atoms in total. The lowest BCUT2D eigenvalue weighted by molar-refractivity contribution is 0.103. The molecule has 2 aromatic rings. The maximum absolute atomic E-state index is 12.2. The van der Waals surface area contributed by atoms with Gasteiger partial charge in [0.1, 0.15) is 0 Å². The van der Waals surface area contributed by atoms with E-state index < -0.39 is 0 Å². The van der Waals surface area contributed by atoms with E-state index in [1.807, 2.05) is 26.0 Å². The standard InChI is InChI=1S/C16H16N2O2S/c1-11-6-7-17-10-13(11)18-16(20)15-9-12(2)14(21-15)5-3-4-8-19/h6-7,9-10,19H,4,8H2,1-2H3,(H,18,20). The van der Waals surface area contributed by atoms with Crippen LogP contribution in [0.3, 0.4) is 0 Å². The van der Waals surface area contributed by atoms with Gasteiger partial charge in [0.2, 0.25) is 0 Å². The van der Waals surface area contributed by atoms with E-state index in [0.717, 1.165) is 16.0 Å². The lowest BCUT2D eigenvalue weighted by atomic mass is 10.2. The summed E-state index contributed by atoms with van der Waals surface area (Å²) in [5, 5.41) is 11.6. The molecule has 2 rings (SSSR count). The maximum Gasteiger partial charge on any atom is 0.265 e. The van der Waals surface area contributed by atoms with E-state index in [1.54, 1.807) is 12.4 Å². The Morgan fingerprint density at radius 3 is 2.95 bits per heavy atom. The Morgan fingerprint density at radius 1 is 1.43 bits per heavy atom.